The molecule has 1 N–H and O–H groups in total. The Hall–Kier alpha value is -3.08. The number of anilines is 2. The van der Waals surface area contributed by atoms with Gasteiger partial charge in [0, 0.05) is 18.1 Å². The van der Waals surface area contributed by atoms with E-state index in [-0.39, 0.29) is 5.82 Å². The van der Waals surface area contributed by atoms with Crippen LogP contribution in [0, 0.1) is 5.82 Å². The van der Waals surface area contributed by atoms with Crippen molar-refractivity contribution in [2.45, 2.75) is 6.54 Å². The first-order chi connectivity index (χ1) is 11.3. The SMILES string of the molecule is Fc1ccccc1-c1nccc(Nc2ccc3c(c2)C=NC3)n1. The van der Waals surface area contributed by atoms with E-state index in [0.29, 0.717) is 17.2 Å². The molecule has 0 saturated heterocycles. The molecule has 3 aromatic rings. The normalized spacial score (nSPS) is 12.2. The van der Waals surface area contributed by atoms with E-state index in [1.807, 2.05) is 24.4 Å². The lowest BCUT2D eigenvalue weighted by Crippen LogP contribution is -1.98. The molecule has 0 atom stereocenters. The molecule has 0 unspecified atom stereocenters. The molecule has 112 valence electrons. The second kappa shape index (κ2) is 5.61. The third-order valence-electron chi connectivity index (χ3n) is 3.68. The van der Waals surface area contributed by atoms with Crippen LogP contribution in [-0.4, -0.2) is 16.2 Å². The molecule has 0 radical (unpaired) electrons. The van der Waals surface area contributed by atoms with Crippen molar-refractivity contribution in [3.8, 4) is 11.4 Å². The second-order valence-electron chi connectivity index (χ2n) is 5.25. The Bertz CT molecular complexity index is 905. The minimum Gasteiger partial charge on any atom is -0.340 e. The molecule has 0 bridgehead atoms. The van der Waals surface area contributed by atoms with Gasteiger partial charge in [-0.1, -0.05) is 18.2 Å². The number of rotatable bonds is 3. The van der Waals surface area contributed by atoms with Gasteiger partial charge in [-0.2, -0.15) is 0 Å². The van der Waals surface area contributed by atoms with E-state index in [4.69, 9.17) is 0 Å². The largest absolute Gasteiger partial charge is 0.340 e. The van der Waals surface area contributed by atoms with E-state index in [0.717, 1.165) is 17.8 Å². The van der Waals surface area contributed by atoms with Gasteiger partial charge in [0.15, 0.2) is 5.82 Å². The third-order valence-corrected chi connectivity index (χ3v) is 3.68. The van der Waals surface area contributed by atoms with E-state index < -0.39 is 0 Å². The average Bonchev–Trinajstić information content (AvgIpc) is 3.03. The average molecular weight is 304 g/mol. The van der Waals surface area contributed by atoms with Crippen LogP contribution in [0.25, 0.3) is 11.4 Å². The van der Waals surface area contributed by atoms with Gasteiger partial charge < -0.3 is 5.32 Å². The number of fused-ring (bicyclic) bond motifs is 1. The zero-order chi connectivity index (χ0) is 15.6. The molecule has 0 fully saturated rings. The number of aromatic nitrogens is 2. The predicted molar refractivity (Wildman–Crippen MR) is 88.4 cm³/mol. The monoisotopic (exact) mass is 304 g/mol. The molecule has 0 aliphatic carbocycles. The Balaban J connectivity index is 1.64. The number of hydrogen-bond acceptors (Lipinski definition) is 4. The Morgan fingerprint density at radius 2 is 1.96 bits per heavy atom. The van der Waals surface area contributed by atoms with Crippen LogP contribution in [0.2, 0.25) is 0 Å². The number of nitrogens with zero attached hydrogens (tertiary/aromatic N) is 3. The molecule has 0 spiro atoms. The Morgan fingerprint density at radius 3 is 2.87 bits per heavy atom. The van der Waals surface area contributed by atoms with Crippen LogP contribution in [0.1, 0.15) is 11.1 Å². The first kappa shape index (κ1) is 13.6. The molecule has 2 heterocycles. The Morgan fingerprint density at radius 1 is 1.04 bits per heavy atom. The van der Waals surface area contributed by atoms with E-state index in [2.05, 4.69) is 20.3 Å². The standard InChI is InChI=1S/C18H13FN4/c19-16-4-2-1-3-15(16)18-21-8-7-17(23-18)22-14-6-5-12-10-20-11-13(12)9-14/h1-9,11H,10H2,(H,21,22,23). The number of benzene rings is 2. The highest BCUT2D eigenvalue weighted by molar-refractivity contribution is 5.86. The Kier molecular flexibility index (Phi) is 3.31. The summed E-state index contributed by atoms with van der Waals surface area (Å²) >= 11 is 0. The highest BCUT2D eigenvalue weighted by Gasteiger charge is 2.09. The summed E-state index contributed by atoms with van der Waals surface area (Å²) in [5.74, 6) is 0.641. The fraction of sp³-hybridized carbons (Fsp3) is 0.0556. The van der Waals surface area contributed by atoms with Crippen molar-refractivity contribution in [2.24, 2.45) is 4.99 Å². The highest BCUT2D eigenvalue weighted by Crippen LogP contribution is 2.23. The summed E-state index contributed by atoms with van der Waals surface area (Å²) in [5, 5.41) is 3.23. The third kappa shape index (κ3) is 2.68. The lowest BCUT2D eigenvalue weighted by atomic mass is 10.1. The summed E-state index contributed by atoms with van der Waals surface area (Å²) in [6, 6.07) is 14.3. The van der Waals surface area contributed by atoms with Crippen LogP contribution in [0.15, 0.2) is 59.7 Å². The van der Waals surface area contributed by atoms with Crippen molar-refractivity contribution in [1.29, 1.82) is 0 Å². The molecule has 0 amide bonds. The quantitative estimate of drug-likeness (QED) is 0.797. The van der Waals surface area contributed by atoms with Gasteiger partial charge in [0.2, 0.25) is 0 Å². The van der Waals surface area contributed by atoms with Gasteiger partial charge >= 0.3 is 0 Å². The molecule has 1 aliphatic rings. The Labute approximate surface area is 132 Å². The van der Waals surface area contributed by atoms with Crippen LogP contribution < -0.4 is 5.32 Å². The first-order valence-electron chi connectivity index (χ1n) is 7.27. The van der Waals surface area contributed by atoms with Gasteiger partial charge in [-0.25, -0.2) is 14.4 Å². The molecule has 5 heteroatoms. The summed E-state index contributed by atoms with van der Waals surface area (Å²) in [4.78, 5) is 12.8. The summed E-state index contributed by atoms with van der Waals surface area (Å²) in [6.45, 7) is 0.737. The summed E-state index contributed by atoms with van der Waals surface area (Å²) < 4.78 is 13.9. The maximum Gasteiger partial charge on any atom is 0.164 e. The van der Waals surface area contributed by atoms with Crippen molar-refractivity contribution >= 4 is 17.7 Å². The molecule has 1 aromatic heterocycles. The molecular weight excluding hydrogens is 291 g/mol. The van der Waals surface area contributed by atoms with Gasteiger partial charge in [0.05, 0.1) is 12.1 Å². The minimum absolute atomic E-state index is 0.335. The lowest BCUT2D eigenvalue weighted by Gasteiger charge is -2.08. The smallest absolute Gasteiger partial charge is 0.164 e. The lowest BCUT2D eigenvalue weighted by molar-refractivity contribution is 0.630. The molecule has 1 aliphatic heterocycles. The van der Waals surface area contributed by atoms with Crippen LogP contribution >= 0.6 is 0 Å². The van der Waals surface area contributed by atoms with Crippen molar-refractivity contribution in [3.63, 3.8) is 0 Å². The van der Waals surface area contributed by atoms with Crippen LogP contribution in [0.5, 0.6) is 0 Å². The number of hydrogen-bond donors (Lipinski definition) is 1. The maximum absolute atomic E-state index is 13.9. The summed E-state index contributed by atoms with van der Waals surface area (Å²) in [5.41, 5.74) is 3.62. The minimum atomic E-state index is -0.335. The van der Waals surface area contributed by atoms with E-state index in [1.165, 1.54) is 11.6 Å². The molecule has 0 saturated carbocycles. The van der Waals surface area contributed by atoms with Gasteiger partial charge in [0.1, 0.15) is 11.6 Å². The first-order valence-corrected chi connectivity index (χ1v) is 7.27. The summed E-state index contributed by atoms with van der Waals surface area (Å²) in [7, 11) is 0. The number of halogens is 1. The fourth-order valence-corrected chi connectivity index (χ4v) is 2.53. The van der Waals surface area contributed by atoms with Gasteiger partial charge in [-0.05, 0) is 41.5 Å². The zero-order valence-electron chi connectivity index (χ0n) is 12.2. The predicted octanol–water partition coefficient (Wildman–Crippen LogP) is 3.96. The van der Waals surface area contributed by atoms with Crippen LogP contribution in [0.4, 0.5) is 15.9 Å². The van der Waals surface area contributed by atoms with Crippen LogP contribution in [0.3, 0.4) is 0 Å². The van der Waals surface area contributed by atoms with Gasteiger partial charge in [-0.3, -0.25) is 4.99 Å². The van der Waals surface area contributed by atoms with Crippen LogP contribution in [-0.2, 0) is 6.54 Å². The van der Waals surface area contributed by atoms with Crippen molar-refractivity contribution in [2.75, 3.05) is 5.32 Å². The molecule has 4 nitrogen and oxygen atoms in total. The van der Waals surface area contributed by atoms with E-state index in [9.17, 15) is 4.39 Å². The van der Waals surface area contributed by atoms with Gasteiger partial charge in [-0.15, -0.1) is 0 Å². The van der Waals surface area contributed by atoms with Crippen molar-refractivity contribution < 1.29 is 4.39 Å². The van der Waals surface area contributed by atoms with E-state index >= 15 is 0 Å². The molecule has 23 heavy (non-hydrogen) atoms. The van der Waals surface area contributed by atoms with E-state index in [1.54, 1.807) is 30.5 Å². The fourth-order valence-electron chi connectivity index (χ4n) is 2.53. The van der Waals surface area contributed by atoms with Crippen molar-refractivity contribution in [1.82, 2.24) is 9.97 Å². The highest BCUT2D eigenvalue weighted by atomic mass is 19.1. The van der Waals surface area contributed by atoms with Crippen molar-refractivity contribution in [3.05, 3.63) is 71.7 Å². The molecule has 4 rings (SSSR count). The number of nitrogens with one attached hydrogen (secondary N) is 1. The number of aliphatic imine (C=N–C) groups is 1. The maximum atomic E-state index is 13.9. The zero-order valence-corrected chi connectivity index (χ0v) is 12.2. The second-order valence-corrected chi connectivity index (χ2v) is 5.25. The molecule has 2 aromatic carbocycles. The topological polar surface area (TPSA) is 50.2 Å². The van der Waals surface area contributed by atoms with Gasteiger partial charge in [0.25, 0.3) is 0 Å². The summed E-state index contributed by atoms with van der Waals surface area (Å²) in [6.07, 6.45) is 3.48. The molecular formula is C18H13FN4.